The van der Waals surface area contributed by atoms with E-state index in [0.717, 1.165) is 11.8 Å². The van der Waals surface area contributed by atoms with E-state index in [1.54, 1.807) is 12.1 Å². The SMILES string of the molecule is CC(C)(C)C(CCBr)NC(=O)c1cccc(=O)[nH]1. The highest BCUT2D eigenvalue weighted by Crippen LogP contribution is 2.22. The second kappa shape index (κ2) is 6.18. The maximum atomic E-state index is 12.0. The number of halogens is 1. The molecule has 0 fully saturated rings. The van der Waals surface area contributed by atoms with Crippen LogP contribution < -0.4 is 10.9 Å². The zero-order valence-electron chi connectivity index (χ0n) is 10.9. The number of pyridine rings is 1. The molecule has 4 nitrogen and oxygen atoms in total. The van der Waals surface area contributed by atoms with Gasteiger partial charge in [-0.1, -0.05) is 42.8 Å². The summed E-state index contributed by atoms with van der Waals surface area (Å²) < 4.78 is 0. The highest BCUT2D eigenvalue weighted by molar-refractivity contribution is 9.09. The Morgan fingerprint density at radius 2 is 2.11 bits per heavy atom. The zero-order chi connectivity index (χ0) is 13.8. The summed E-state index contributed by atoms with van der Waals surface area (Å²) in [5.41, 5.74) is 0.000158. The van der Waals surface area contributed by atoms with E-state index in [0.29, 0.717) is 5.69 Å². The van der Waals surface area contributed by atoms with Gasteiger partial charge in [-0.05, 0) is 17.9 Å². The molecule has 0 aliphatic heterocycles. The summed E-state index contributed by atoms with van der Waals surface area (Å²) in [7, 11) is 0. The van der Waals surface area contributed by atoms with E-state index in [9.17, 15) is 9.59 Å². The minimum Gasteiger partial charge on any atom is -0.347 e. The molecule has 1 unspecified atom stereocenters. The highest BCUT2D eigenvalue weighted by Gasteiger charge is 2.26. The maximum absolute atomic E-state index is 12.0. The Hall–Kier alpha value is -1.10. The first-order valence-corrected chi connectivity index (χ1v) is 7.03. The predicted molar refractivity (Wildman–Crippen MR) is 76.2 cm³/mol. The topological polar surface area (TPSA) is 62.0 Å². The summed E-state index contributed by atoms with van der Waals surface area (Å²) in [5.74, 6) is -0.242. The summed E-state index contributed by atoms with van der Waals surface area (Å²) in [4.78, 5) is 25.7. The van der Waals surface area contributed by atoms with Crippen LogP contribution in [-0.2, 0) is 0 Å². The second-order valence-electron chi connectivity index (χ2n) is 5.30. The van der Waals surface area contributed by atoms with Crippen molar-refractivity contribution in [3.63, 3.8) is 0 Å². The van der Waals surface area contributed by atoms with Gasteiger partial charge in [-0.15, -0.1) is 0 Å². The van der Waals surface area contributed by atoms with Crippen LogP contribution >= 0.6 is 15.9 Å². The van der Waals surface area contributed by atoms with Crippen molar-refractivity contribution >= 4 is 21.8 Å². The highest BCUT2D eigenvalue weighted by atomic mass is 79.9. The number of hydrogen-bond acceptors (Lipinski definition) is 2. The first-order valence-electron chi connectivity index (χ1n) is 5.91. The Kier molecular flexibility index (Phi) is 5.14. The molecule has 1 aromatic rings. The molecule has 0 saturated carbocycles. The van der Waals surface area contributed by atoms with Crippen molar-refractivity contribution < 1.29 is 4.79 Å². The number of H-pyrrole nitrogens is 1. The number of amides is 1. The third kappa shape index (κ3) is 4.29. The van der Waals surface area contributed by atoms with Crippen molar-refractivity contribution in [2.45, 2.75) is 33.2 Å². The molecule has 0 bridgehead atoms. The molecule has 0 aliphatic carbocycles. The van der Waals surface area contributed by atoms with E-state index < -0.39 is 0 Å². The molecule has 2 N–H and O–H groups in total. The van der Waals surface area contributed by atoms with Crippen LogP contribution in [0.15, 0.2) is 23.0 Å². The average Bonchev–Trinajstić information content (AvgIpc) is 2.27. The normalized spacial score (nSPS) is 13.1. The molecule has 0 spiro atoms. The first-order chi connectivity index (χ1) is 8.34. The smallest absolute Gasteiger partial charge is 0.268 e. The molecule has 0 aromatic carbocycles. The number of nitrogens with one attached hydrogen (secondary N) is 2. The minimum atomic E-state index is -0.268. The molecule has 0 saturated heterocycles. The Morgan fingerprint density at radius 1 is 1.44 bits per heavy atom. The van der Waals surface area contributed by atoms with Crippen molar-refractivity contribution in [3.8, 4) is 0 Å². The van der Waals surface area contributed by atoms with Gasteiger partial charge in [0.1, 0.15) is 5.69 Å². The summed E-state index contributed by atoms with van der Waals surface area (Å²) in [6.45, 7) is 6.23. The molecule has 18 heavy (non-hydrogen) atoms. The Balaban J connectivity index is 2.82. The Bertz CT molecular complexity index is 463. The van der Waals surface area contributed by atoms with Crippen molar-refractivity contribution in [1.29, 1.82) is 0 Å². The first kappa shape index (κ1) is 15.0. The number of aromatic amines is 1. The fourth-order valence-corrected chi connectivity index (χ4v) is 2.10. The van der Waals surface area contributed by atoms with Crippen LogP contribution in [0.25, 0.3) is 0 Å². The zero-order valence-corrected chi connectivity index (χ0v) is 12.5. The molecule has 5 heteroatoms. The Morgan fingerprint density at radius 3 is 2.61 bits per heavy atom. The lowest BCUT2D eigenvalue weighted by atomic mass is 9.85. The van der Waals surface area contributed by atoms with Crippen LogP contribution in [0.5, 0.6) is 0 Å². The number of hydrogen-bond donors (Lipinski definition) is 2. The lowest BCUT2D eigenvalue weighted by Crippen LogP contribution is -2.44. The van der Waals surface area contributed by atoms with Crippen LogP contribution in [0.1, 0.15) is 37.7 Å². The van der Waals surface area contributed by atoms with Gasteiger partial charge in [0, 0.05) is 17.4 Å². The van der Waals surface area contributed by atoms with E-state index in [-0.39, 0.29) is 22.9 Å². The number of alkyl halides is 1. The molecule has 0 aliphatic rings. The van der Waals surface area contributed by atoms with Gasteiger partial charge < -0.3 is 10.3 Å². The van der Waals surface area contributed by atoms with Crippen LogP contribution in [-0.4, -0.2) is 22.3 Å². The third-order valence-electron chi connectivity index (χ3n) is 2.76. The van der Waals surface area contributed by atoms with Gasteiger partial charge in [-0.25, -0.2) is 0 Å². The lowest BCUT2D eigenvalue weighted by molar-refractivity contribution is 0.0895. The predicted octanol–water partition coefficient (Wildman–Crippen LogP) is 2.30. The monoisotopic (exact) mass is 314 g/mol. The quantitative estimate of drug-likeness (QED) is 0.838. The molecular weight excluding hydrogens is 296 g/mol. The summed E-state index contributed by atoms with van der Waals surface area (Å²) >= 11 is 3.39. The lowest BCUT2D eigenvalue weighted by Gasteiger charge is -2.31. The number of carbonyl (C=O) groups is 1. The fourth-order valence-electron chi connectivity index (χ4n) is 1.65. The van der Waals surface area contributed by atoms with Crippen molar-refractivity contribution in [1.82, 2.24) is 10.3 Å². The molecule has 1 atom stereocenters. The van der Waals surface area contributed by atoms with Gasteiger partial charge in [0.15, 0.2) is 0 Å². The molecule has 1 rings (SSSR count). The minimum absolute atomic E-state index is 0.0293. The summed E-state index contributed by atoms with van der Waals surface area (Å²) in [6.07, 6.45) is 0.840. The Labute approximate surface area is 115 Å². The van der Waals surface area contributed by atoms with Crippen LogP contribution in [0, 0.1) is 5.41 Å². The van der Waals surface area contributed by atoms with E-state index in [2.05, 4.69) is 47.0 Å². The van der Waals surface area contributed by atoms with Crippen molar-refractivity contribution in [2.24, 2.45) is 5.41 Å². The van der Waals surface area contributed by atoms with Crippen LogP contribution in [0.3, 0.4) is 0 Å². The molecule has 1 amide bonds. The van der Waals surface area contributed by atoms with Gasteiger partial charge in [-0.3, -0.25) is 9.59 Å². The molecule has 1 aromatic heterocycles. The van der Waals surface area contributed by atoms with Gasteiger partial charge in [0.2, 0.25) is 5.56 Å². The van der Waals surface area contributed by atoms with E-state index in [1.165, 1.54) is 6.07 Å². The van der Waals surface area contributed by atoms with Gasteiger partial charge in [0.05, 0.1) is 0 Å². The maximum Gasteiger partial charge on any atom is 0.268 e. The largest absolute Gasteiger partial charge is 0.347 e. The third-order valence-corrected chi connectivity index (χ3v) is 3.22. The molecular formula is C13H19BrN2O2. The van der Waals surface area contributed by atoms with Gasteiger partial charge in [0.25, 0.3) is 5.91 Å². The molecule has 1 heterocycles. The second-order valence-corrected chi connectivity index (χ2v) is 6.09. The summed E-state index contributed by atoms with van der Waals surface area (Å²) in [6, 6.07) is 4.61. The molecule has 100 valence electrons. The number of rotatable bonds is 4. The standard InChI is InChI=1S/C13H19BrN2O2/c1-13(2,3)10(7-8-14)16-12(18)9-5-4-6-11(17)15-9/h4-6,10H,7-8H2,1-3H3,(H,15,17)(H,16,18). The number of aromatic nitrogens is 1. The number of carbonyl (C=O) groups excluding carboxylic acids is 1. The molecule has 0 radical (unpaired) electrons. The van der Waals surface area contributed by atoms with Gasteiger partial charge >= 0.3 is 0 Å². The van der Waals surface area contributed by atoms with E-state index in [4.69, 9.17) is 0 Å². The summed E-state index contributed by atoms with van der Waals surface area (Å²) in [5, 5.41) is 3.78. The van der Waals surface area contributed by atoms with Crippen LogP contribution in [0.4, 0.5) is 0 Å². The average molecular weight is 315 g/mol. The van der Waals surface area contributed by atoms with Gasteiger partial charge in [-0.2, -0.15) is 0 Å². The van der Waals surface area contributed by atoms with E-state index in [1.807, 2.05) is 0 Å². The van der Waals surface area contributed by atoms with Crippen molar-refractivity contribution in [3.05, 3.63) is 34.2 Å². The fraction of sp³-hybridized carbons (Fsp3) is 0.538. The van der Waals surface area contributed by atoms with Crippen LogP contribution in [0.2, 0.25) is 0 Å². The van der Waals surface area contributed by atoms with Crippen molar-refractivity contribution in [2.75, 3.05) is 5.33 Å². The van der Waals surface area contributed by atoms with E-state index >= 15 is 0 Å².